The molecule has 1 saturated heterocycles. The first kappa shape index (κ1) is 13.8. The zero-order valence-electron chi connectivity index (χ0n) is 11.0. The Labute approximate surface area is 112 Å². The second-order valence-corrected chi connectivity index (χ2v) is 4.71. The molecule has 1 fully saturated rings. The number of hydrogen-bond acceptors (Lipinski definition) is 3. The van der Waals surface area contributed by atoms with Gasteiger partial charge in [-0.3, -0.25) is 4.79 Å². The van der Waals surface area contributed by atoms with Crippen LogP contribution in [-0.4, -0.2) is 30.6 Å². The average molecular weight is 266 g/mol. The Hall–Kier alpha value is -1.62. The van der Waals surface area contributed by atoms with Crippen LogP contribution in [0.15, 0.2) is 18.2 Å². The number of carbonyl (C=O) groups excluding carboxylic acids is 1. The molecule has 1 aliphatic heterocycles. The summed E-state index contributed by atoms with van der Waals surface area (Å²) in [6.07, 6.45) is 2.70. The predicted octanol–water partition coefficient (Wildman–Crippen LogP) is 1.42. The number of carbonyl (C=O) groups is 1. The molecule has 1 aromatic rings. The van der Waals surface area contributed by atoms with E-state index in [4.69, 9.17) is 0 Å². The molecule has 19 heavy (non-hydrogen) atoms. The van der Waals surface area contributed by atoms with E-state index in [1.54, 1.807) is 19.2 Å². The number of aliphatic hydroxyl groups excluding tert-OH is 1. The number of aliphatic hydroxyl groups is 1. The van der Waals surface area contributed by atoms with Crippen LogP contribution < -0.4 is 10.2 Å². The molecule has 1 aromatic carbocycles. The SMILES string of the molecule is CNC(=O)C1CCCCN1c1cccc(F)c1CO. The maximum Gasteiger partial charge on any atom is 0.242 e. The summed E-state index contributed by atoms with van der Waals surface area (Å²) in [5.74, 6) is -0.492. The number of likely N-dealkylation sites (N-methyl/N-ethyl adjacent to an activating group) is 1. The fraction of sp³-hybridized carbons (Fsp3) is 0.500. The molecule has 1 atom stereocenters. The Morgan fingerprint density at radius 2 is 2.32 bits per heavy atom. The predicted molar refractivity (Wildman–Crippen MR) is 71.4 cm³/mol. The first-order chi connectivity index (χ1) is 9.19. The van der Waals surface area contributed by atoms with E-state index < -0.39 is 5.82 Å². The highest BCUT2D eigenvalue weighted by Crippen LogP contribution is 2.29. The summed E-state index contributed by atoms with van der Waals surface area (Å²) in [7, 11) is 1.60. The molecule has 0 spiro atoms. The molecule has 0 aromatic heterocycles. The quantitative estimate of drug-likeness (QED) is 0.870. The van der Waals surface area contributed by atoms with Gasteiger partial charge in [0.15, 0.2) is 0 Å². The molecular weight excluding hydrogens is 247 g/mol. The van der Waals surface area contributed by atoms with E-state index in [1.165, 1.54) is 6.07 Å². The second kappa shape index (κ2) is 6.02. The third-order valence-corrected chi connectivity index (χ3v) is 3.61. The molecular formula is C14H19FN2O2. The Morgan fingerprint density at radius 1 is 1.53 bits per heavy atom. The van der Waals surface area contributed by atoms with Crippen molar-refractivity contribution in [3.05, 3.63) is 29.6 Å². The average Bonchev–Trinajstić information content (AvgIpc) is 2.46. The smallest absolute Gasteiger partial charge is 0.242 e. The Bertz CT molecular complexity index is 465. The van der Waals surface area contributed by atoms with Crippen molar-refractivity contribution < 1.29 is 14.3 Å². The fourth-order valence-electron chi connectivity index (χ4n) is 2.63. The molecule has 5 heteroatoms. The molecule has 1 amide bonds. The third-order valence-electron chi connectivity index (χ3n) is 3.61. The van der Waals surface area contributed by atoms with Crippen molar-refractivity contribution in [3.63, 3.8) is 0 Å². The van der Waals surface area contributed by atoms with Crippen LogP contribution in [0.1, 0.15) is 24.8 Å². The zero-order chi connectivity index (χ0) is 13.8. The minimum absolute atomic E-state index is 0.0622. The summed E-state index contributed by atoms with van der Waals surface area (Å²) >= 11 is 0. The second-order valence-electron chi connectivity index (χ2n) is 4.71. The van der Waals surface area contributed by atoms with Crippen LogP contribution in [0.25, 0.3) is 0 Å². The largest absolute Gasteiger partial charge is 0.391 e. The number of amides is 1. The normalized spacial score (nSPS) is 19.3. The molecule has 0 saturated carbocycles. The van der Waals surface area contributed by atoms with E-state index in [0.717, 1.165) is 19.3 Å². The Kier molecular flexibility index (Phi) is 4.37. The molecule has 1 unspecified atom stereocenters. The molecule has 0 aliphatic carbocycles. The summed E-state index contributed by atoms with van der Waals surface area (Å²) in [6, 6.07) is 4.41. The van der Waals surface area contributed by atoms with E-state index >= 15 is 0 Å². The van der Waals surface area contributed by atoms with Crippen LogP contribution >= 0.6 is 0 Å². The van der Waals surface area contributed by atoms with E-state index in [2.05, 4.69) is 5.32 Å². The Morgan fingerprint density at radius 3 is 3.00 bits per heavy atom. The molecule has 0 bridgehead atoms. The van der Waals surface area contributed by atoms with Gasteiger partial charge < -0.3 is 15.3 Å². The number of anilines is 1. The number of benzene rings is 1. The molecule has 2 rings (SSSR count). The number of nitrogens with zero attached hydrogens (tertiary/aromatic N) is 1. The summed E-state index contributed by atoms with van der Waals surface area (Å²) in [6.45, 7) is 0.341. The van der Waals surface area contributed by atoms with Gasteiger partial charge in [0.2, 0.25) is 5.91 Å². The highest BCUT2D eigenvalue weighted by atomic mass is 19.1. The van der Waals surface area contributed by atoms with Crippen LogP contribution in [-0.2, 0) is 11.4 Å². The molecule has 0 radical (unpaired) electrons. The number of nitrogens with one attached hydrogen (secondary N) is 1. The van der Waals surface area contributed by atoms with Gasteiger partial charge in [-0.2, -0.15) is 0 Å². The van der Waals surface area contributed by atoms with Crippen molar-refractivity contribution in [2.45, 2.75) is 31.9 Å². The lowest BCUT2D eigenvalue weighted by Gasteiger charge is -2.37. The summed E-state index contributed by atoms with van der Waals surface area (Å²) in [5.41, 5.74) is 0.883. The molecule has 1 aliphatic rings. The number of hydrogen-bond donors (Lipinski definition) is 2. The summed E-state index contributed by atoms with van der Waals surface area (Å²) < 4.78 is 13.7. The van der Waals surface area contributed by atoms with Crippen LogP contribution in [0, 0.1) is 5.82 Å². The topological polar surface area (TPSA) is 52.6 Å². The van der Waals surface area contributed by atoms with Crippen molar-refractivity contribution in [1.29, 1.82) is 0 Å². The lowest BCUT2D eigenvalue weighted by Crippen LogP contribution is -2.49. The van der Waals surface area contributed by atoms with Crippen molar-refractivity contribution in [3.8, 4) is 0 Å². The highest BCUT2D eigenvalue weighted by Gasteiger charge is 2.29. The summed E-state index contributed by atoms with van der Waals surface area (Å²) in [5, 5.41) is 12.0. The van der Waals surface area contributed by atoms with Gasteiger partial charge in [-0.25, -0.2) is 4.39 Å². The van der Waals surface area contributed by atoms with Gasteiger partial charge in [0, 0.05) is 24.8 Å². The van der Waals surface area contributed by atoms with Crippen LogP contribution in [0.2, 0.25) is 0 Å². The van der Waals surface area contributed by atoms with E-state index in [-0.39, 0.29) is 24.1 Å². The lowest BCUT2D eigenvalue weighted by molar-refractivity contribution is -0.122. The molecule has 1 heterocycles. The highest BCUT2D eigenvalue weighted by molar-refractivity contribution is 5.85. The molecule has 104 valence electrons. The van der Waals surface area contributed by atoms with Crippen molar-refractivity contribution in [2.24, 2.45) is 0 Å². The van der Waals surface area contributed by atoms with Gasteiger partial charge in [0.05, 0.1) is 6.61 Å². The standard InChI is InChI=1S/C14H19FN2O2/c1-16-14(19)13-6-2-3-8-17(13)12-7-4-5-11(15)10(12)9-18/h4-5,7,13,18H,2-3,6,8-9H2,1H3,(H,16,19). The minimum atomic E-state index is -0.429. The maximum absolute atomic E-state index is 13.7. The number of halogens is 1. The molecule has 2 N–H and O–H groups in total. The molecule has 4 nitrogen and oxygen atoms in total. The van der Waals surface area contributed by atoms with Crippen LogP contribution in [0.3, 0.4) is 0 Å². The van der Waals surface area contributed by atoms with Crippen LogP contribution in [0.5, 0.6) is 0 Å². The van der Waals surface area contributed by atoms with Crippen molar-refractivity contribution >= 4 is 11.6 Å². The van der Waals surface area contributed by atoms with E-state index in [1.807, 2.05) is 4.90 Å². The number of piperidine rings is 1. The fourth-order valence-corrected chi connectivity index (χ4v) is 2.63. The van der Waals surface area contributed by atoms with Gasteiger partial charge in [-0.05, 0) is 31.4 Å². The Balaban J connectivity index is 2.37. The first-order valence-corrected chi connectivity index (χ1v) is 6.55. The maximum atomic E-state index is 13.7. The van der Waals surface area contributed by atoms with E-state index in [0.29, 0.717) is 12.2 Å². The van der Waals surface area contributed by atoms with Crippen molar-refractivity contribution in [1.82, 2.24) is 5.32 Å². The lowest BCUT2D eigenvalue weighted by atomic mass is 9.99. The zero-order valence-corrected chi connectivity index (χ0v) is 11.0. The monoisotopic (exact) mass is 266 g/mol. The van der Waals surface area contributed by atoms with Crippen molar-refractivity contribution in [2.75, 3.05) is 18.5 Å². The van der Waals surface area contributed by atoms with Crippen LogP contribution in [0.4, 0.5) is 10.1 Å². The number of rotatable bonds is 3. The summed E-state index contributed by atoms with van der Waals surface area (Å²) in [4.78, 5) is 13.8. The van der Waals surface area contributed by atoms with Gasteiger partial charge in [0.1, 0.15) is 11.9 Å². The van der Waals surface area contributed by atoms with Gasteiger partial charge in [-0.15, -0.1) is 0 Å². The van der Waals surface area contributed by atoms with Gasteiger partial charge >= 0.3 is 0 Å². The van der Waals surface area contributed by atoms with E-state index in [9.17, 15) is 14.3 Å². The minimum Gasteiger partial charge on any atom is -0.391 e. The van der Waals surface area contributed by atoms with Gasteiger partial charge in [-0.1, -0.05) is 6.07 Å². The first-order valence-electron chi connectivity index (χ1n) is 6.55. The van der Waals surface area contributed by atoms with Gasteiger partial charge in [0.25, 0.3) is 0 Å². The third kappa shape index (κ3) is 2.71.